The number of nitriles is 1. The summed E-state index contributed by atoms with van der Waals surface area (Å²) in [4.78, 5) is 42.5. The number of anilines is 2. The summed E-state index contributed by atoms with van der Waals surface area (Å²) in [6.07, 6.45) is 4.77. The molecule has 2 atom stereocenters. The van der Waals surface area contributed by atoms with Crippen molar-refractivity contribution in [2.75, 3.05) is 17.2 Å². The van der Waals surface area contributed by atoms with Gasteiger partial charge in [0.25, 0.3) is 11.8 Å². The quantitative estimate of drug-likeness (QED) is 0.0818. The maximum Gasteiger partial charge on any atom is 0.272 e. The number of carbonyl (C=O) groups is 3. The lowest BCUT2D eigenvalue weighted by Crippen LogP contribution is -2.30. The van der Waals surface area contributed by atoms with Gasteiger partial charge in [0, 0.05) is 26.6 Å². The predicted molar refractivity (Wildman–Crippen MR) is 213 cm³/mol. The Morgan fingerprint density at radius 3 is 2.42 bits per heavy atom. The highest BCUT2D eigenvalue weighted by molar-refractivity contribution is 8.00. The number of fused-ring (bicyclic) bond motifs is 1. The first-order valence-electron chi connectivity index (χ1n) is 17.6. The minimum atomic E-state index is -0.521. The van der Waals surface area contributed by atoms with Gasteiger partial charge < -0.3 is 20.7 Å². The van der Waals surface area contributed by atoms with Crippen LogP contribution < -0.4 is 20.7 Å². The van der Waals surface area contributed by atoms with Crippen LogP contribution in [0.3, 0.4) is 0 Å². The van der Waals surface area contributed by atoms with E-state index in [2.05, 4.69) is 46.3 Å². The molecule has 0 bridgehead atoms. The lowest BCUT2D eigenvalue weighted by atomic mass is 9.83. The fourth-order valence-electron chi connectivity index (χ4n) is 6.31. The van der Waals surface area contributed by atoms with Gasteiger partial charge in [-0.15, -0.1) is 23.1 Å². The zero-order chi connectivity index (χ0) is 37.2. The summed E-state index contributed by atoms with van der Waals surface area (Å²) >= 11 is 2.90. The number of rotatable bonds is 13. The number of ether oxygens (including phenoxy) is 1. The van der Waals surface area contributed by atoms with E-state index < -0.39 is 17.1 Å². The first-order chi connectivity index (χ1) is 25.9. The van der Waals surface area contributed by atoms with E-state index in [1.807, 2.05) is 56.3 Å². The van der Waals surface area contributed by atoms with Gasteiger partial charge in [0.05, 0.1) is 17.4 Å². The summed E-state index contributed by atoms with van der Waals surface area (Å²) < 4.78 is 5.76. The molecule has 53 heavy (non-hydrogen) atoms. The summed E-state index contributed by atoms with van der Waals surface area (Å²) in [6, 6.07) is 36.0. The second kappa shape index (κ2) is 17.7. The molecule has 1 heterocycles. The molecule has 4 aromatic carbocycles. The van der Waals surface area contributed by atoms with E-state index >= 15 is 0 Å². The molecule has 0 radical (unpaired) electrons. The number of benzene rings is 4. The first kappa shape index (κ1) is 37.1. The van der Waals surface area contributed by atoms with Crippen LogP contribution in [0.25, 0.3) is 6.08 Å². The molecule has 1 aromatic heterocycles. The average Bonchev–Trinajstić information content (AvgIpc) is 3.54. The molecule has 1 aliphatic rings. The highest BCUT2D eigenvalue weighted by atomic mass is 32.2. The van der Waals surface area contributed by atoms with E-state index in [0.717, 1.165) is 34.6 Å². The van der Waals surface area contributed by atoms with Gasteiger partial charge in [-0.3, -0.25) is 14.4 Å². The third-order valence-corrected chi connectivity index (χ3v) is 11.5. The number of thioether (sulfide) groups is 1. The molecule has 1 aliphatic carbocycles. The Labute approximate surface area is 318 Å². The Bertz CT molecular complexity index is 2160. The smallest absolute Gasteiger partial charge is 0.272 e. The van der Waals surface area contributed by atoms with Crippen molar-refractivity contribution >= 4 is 57.6 Å². The molecule has 8 nitrogen and oxygen atoms in total. The number of amides is 3. The number of thiophene rings is 1. The molecule has 3 N–H and O–H groups in total. The molecule has 3 amide bonds. The van der Waals surface area contributed by atoms with Gasteiger partial charge in [-0.1, -0.05) is 79.7 Å². The van der Waals surface area contributed by atoms with Crippen LogP contribution in [0.1, 0.15) is 70.1 Å². The number of nitrogens with one attached hydrogen (secondary N) is 3. The Morgan fingerprint density at radius 2 is 1.68 bits per heavy atom. The van der Waals surface area contributed by atoms with Gasteiger partial charge in [-0.2, -0.15) is 5.26 Å². The van der Waals surface area contributed by atoms with Crippen LogP contribution in [0, 0.1) is 11.3 Å². The maximum atomic E-state index is 13.8. The van der Waals surface area contributed by atoms with Gasteiger partial charge in [-0.25, -0.2) is 0 Å². The highest BCUT2D eigenvalue weighted by Gasteiger charge is 2.28. The van der Waals surface area contributed by atoms with E-state index in [0.29, 0.717) is 52.1 Å². The number of carbonyl (C=O) groups excluding carboxylic acids is 3. The van der Waals surface area contributed by atoms with Crippen molar-refractivity contribution in [1.29, 1.82) is 5.26 Å². The van der Waals surface area contributed by atoms with E-state index in [-0.39, 0.29) is 11.6 Å². The molecular formula is C43H40N4O4S2. The zero-order valence-corrected chi connectivity index (χ0v) is 31.2. The molecule has 2 unspecified atom stereocenters. The molecule has 0 saturated carbocycles. The van der Waals surface area contributed by atoms with Crippen LogP contribution in [0.5, 0.6) is 5.75 Å². The average molecular weight is 741 g/mol. The van der Waals surface area contributed by atoms with Gasteiger partial charge >= 0.3 is 0 Å². The Balaban J connectivity index is 1.16. The molecule has 0 fully saturated rings. The zero-order valence-electron chi connectivity index (χ0n) is 29.6. The van der Waals surface area contributed by atoms with Crippen LogP contribution in [-0.2, 0) is 22.4 Å². The number of hydrogen-bond acceptors (Lipinski definition) is 7. The SMILES string of the molecule is CCOc1ccccc1/C=C(/NC(=O)c1ccccc1)C(=O)Nc1cccc(SC(CC)C(=O)Nc2sc3c(c2C#N)CCC(c2ccccc2)C3)c1. The summed E-state index contributed by atoms with van der Waals surface area (Å²) in [5, 5.41) is 19.0. The number of hydrogen-bond donors (Lipinski definition) is 3. The van der Waals surface area contributed by atoms with Crippen LogP contribution >= 0.6 is 23.1 Å². The van der Waals surface area contributed by atoms with Crippen molar-refractivity contribution in [3.8, 4) is 11.8 Å². The van der Waals surface area contributed by atoms with Crippen molar-refractivity contribution in [3.05, 3.63) is 148 Å². The maximum absolute atomic E-state index is 13.8. The topological polar surface area (TPSA) is 120 Å². The fraction of sp³-hybridized carbons (Fsp3) is 0.209. The van der Waals surface area contributed by atoms with Crippen LogP contribution in [0.15, 0.2) is 120 Å². The van der Waals surface area contributed by atoms with Crippen molar-refractivity contribution < 1.29 is 19.1 Å². The van der Waals surface area contributed by atoms with Crippen molar-refractivity contribution in [2.45, 2.75) is 55.6 Å². The first-order valence-corrected chi connectivity index (χ1v) is 19.3. The van der Waals surface area contributed by atoms with Crippen molar-refractivity contribution in [3.63, 3.8) is 0 Å². The monoisotopic (exact) mass is 740 g/mol. The largest absolute Gasteiger partial charge is 0.493 e. The van der Waals surface area contributed by atoms with Gasteiger partial charge in [0.1, 0.15) is 22.5 Å². The van der Waals surface area contributed by atoms with E-state index in [9.17, 15) is 19.6 Å². The van der Waals surface area contributed by atoms with Gasteiger partial charge in [0.15, 0.2) is 0 Å². The third kappa shape index (κ3) is 9.24. The molecule has 0 aliphatic heterocycles. The van der Waals surface area contributed by atoms with E-state index in [4.69, 9.17) is 4.74 Å². The standard InChI is InChI=1S/C43H40N4O4S2/c1-3-38(42(50)47-43-35(27-44)34-23-22-30(25-39(34)53-43)28-14-7-5-8-15-28)52-33-20-13-19-32(26-33)45-41(49)36(46-40(48)29-16-9-6-10-17-29)24-31-18-11-12-21-37(31)51-4-2/h5-21,24,26,30,38H,3-4,22-23,25H2,1-2H3,(H,45,49)(H,46,48)(H,47,50)/b36-24+. The van der Waals surface area contributed by atoms with Crippen LogP contribution in [0.2, 0.25) is 0 Å². The molecule has 6 rings (SSSR count). The molecule has 0 spiro atoms. The number of nitrogens with zero attached hydrogens (tertiary/aromatic N) is 1. The minimum absolute atomic E-state index is 0.0388. The van der Waals surface area contributed by atoms with Crippen LogP contribution in [0.4, 0.5) is 10.7 Å². The summed E-state index contributed by atoms with van der Waals surface area (Å²) in [5.74, 6) is -0.153. The van der Waals surface area contributed by atoms with Crippen molar-refractivity contribution in [2.24, 2.45) is 0 Å². The summed E-state index contributed by atoms with van der Waals surface area (Å²) in [7, 11) is 0. The van der Waals surface area contributed by atoms with Crippen LogP contribution in [-0.4, -0.2) is 29.6 Å². The molecular weight excluding hydrogens is 701 g/mol. The predicted octanol–water partition coefficient (Wildman–Crippen LogP) is 9.21. The molecule has 10 heteroatoms. The summed E-state index contributed by atoms with van der Waals surface area (Å²) in [5.41, 5.74) is 4.51. The fourth-order valence-corrected chi connectivity index (χ4v) is 8.61. The Hall–Kier alpha value is -5.63. The second-order valence-corrected chi connectivity index (χ2v) is 14.9. The normalized spacial score (nSPS) is 14.3. The third-order valence-electron chi connectivity index (χ3n) is 8.97. The van der Waals surface area contributed by atoms with E-state index in [1.165, 1.54) is 28.7 Å². The van der Waals surface area contributed by atoms with Crippen molar-refractivity contribution in [1.82, 2.24) is 5.32 Å². The second-order valence-electron chi connectivity index (χ2n) is 12.5. The molecule has 268 valence electrons. The Kier molecular flexibility index (Phi) is 12.4. The Morgan fingerprint density at radius 1 is 0.943 bits per heavy atom. The van der Waals surface area contributed by atoms with Gasteiger partial charge in [0.2, 0.25) is 5.91 Å². The van der Waals surface area contributed by atoms with E-state index in [1.54, 1.807) is 48.5 Å². The lowest BCUT2D eigenvalue weighted by Gasteiger charge is -2.22. The lowest BCUT2D eigenvalue weighted by molar-refractivity contribution is -0.116. The summed E-state index contributed by atoms with van der Waals surface area (Å²) in [6.45, 7) is 4.27. The van der Waals surface area contributed by atoms with Gasteiger partial charge in [-0.05, 0) is 92.1 Å². The molecule has 5 aromatic rings. The highest BCUT2D eigenvalue weighted by Crippen LogP contribution is 2.42. The minimum Gasteiger partial charge on any atom is -0.493 e. The number of para-hydroxylation sites is 1. The molecule has 0 saturated heterocycles.